The van der Waals surface area contributed by atoms with Crippen molar-refractivity contribution >= 4 is 23.6 Å². The van der Waals surface area contributed by atoms with Gasteiger partial charge in [-0.2, -0.15) is 11.8 Å². The summed E-state index contributed by atoms with van der Waals surface area (Å²) in [6, 6.07) is -0.232. The molecule has 0 aromatic rings. The normalized spacial score (nSPS) is 22.2. The van der Waals surface area contributed by atoms with Crippen molar-refractivity contribution in [2.75, 3.05) is 25.1 Å². The van der Waals surface area contributed by atoms with Gasteiger partial charge in [0.2, 0.25) is 11.8 Å². The van der Waals surface area contributed by atoms with E-state index in [0.717, 1.165) is 18.1 Å². The Morgan fingerprint density at radius 3 is 2.88 bits per heavy atom. The Labute approximate surface area is 100 Å². The van der Waals surface area contributed by atoms with Crippen LogP contribution in [0.5, 0.6) is 0 Å². The molecule has 2 unspecified atom stereocenters. The monoisotopic (exact) mass is 245 g/mol. The van der Waals surface area contributed by atoms with E-state index < -0.39 is 6.04 Å². The van der Waals surface area contributed by atoms with Crippen LogP contribution in [0.4, 0.5) is 0 Å². The fraction of sp³-hybridized carbons (Fsp3) is 0.800. The summed E-state index contributed by atoms with van der Waals surface area (Å²) >= 11 is 1.85. The van der Waals surface area contributed by atoms with Crippen molar-refractivity contribution in [3.8, 4) is 0 Å². The van der Waals surface area contributed by atoms with Crippen LogP contribution in [0.25, 0.3) is 0 Å². The number of nitrogens with one attached hydrogen (secondary N) is 3. The van der Waals surface area contributed by atoms with Gasteiger partial charge in [0.05, 0.1) is 0 Å². The summed E-state index contributed by atoms with van der Waals surface area (Å²) in [5.41, 5.74) is 0. The molecule has 0 bridgehead atoms. The van der Waals surface area contributed by atoms with Gasteiger partial charge in [-0.25, -0.2) is 0 Å². The number of hydrogen-bond acceptors (Lipinski definition) is 4. The SMILES string of the molecule is CNC(=O)C(C)NC(=O)CC1CSCCN1. The quantitative estimate of drug-likeness (QED) is 0.614. The summed E-state index contributed by atoms with van der Waals surface area (Å²) in [4.78, 5) is 22.8. The van der Waals surface area contributed by atoms with E-state index in [1.165, 1.54) is 0 Å². The Kier molecular flexibility index (Phi) is 5.62. The van der Waals surface area contributed by atoms with Crippen LogP contribution < -0.4 is 16.0 Å². The van der Waals surface area contributed by atoms with Crippen LogP contribution in [0.1, 0.15) is 13.3 Å². The van der Waals surface area contributed by atoms with Crippen molar-refractivity contribution in [2.24, 2.45) is 0 Å². The van der Waals surface area contributed by atoms with Crippen molar-refractivity contribution in [1.82, 2.24) is 16.0 Å². The first-order valence-corrected chi connectivity index (χ1v) is 6.61. The Morgan fingerprint density at radius 1 is 1.56 bits per heavy atom. The van der Waals surface area contributed by atoms with Gasteiger partial charge in [0.15, 0.2) is 0 Å². The lowest BCUT2D eigenvalue weighted by Gasteiger charge is -2.23. The molecule has 0 radical (unpaired) electrons. The molecule has 16 heavy (non-hydrogen) atoms. The first-order valence-electron chi connectivity index (χ1n) is 5.45. The van der Waals surface area contributed by atoms with Gasteiger partial charge in [0, 0.05) is 37.6 Å². The first-order chi connectivity index (χ1) is 7.63. The molecule has 1 fully saturated rings. The van der Waals surface area contributed by atoms with Gasteiger partial charge in [-0.3, -0.25) is 9.59 Å². The molecule has 0 spiro atoms. The van der Waals surface area contributed by atoms with Crippen LogP contribution in [0.2, 0.25) is 0 Å². The second kappa shape index (κ2) is 6.75. The van der Waals surface area contributed by atoms with Crippen LogP contribution in [-0.2, 0) is 9.59 Å². The van der Waals surface area contributed by atoms with Gasteiger partial charge in [-0.1, -0.05) is 0 Å². The summed E-state index contributed by atoms with van der Waals surface area (Å²) in [6.45, 7) is 2.63. The summed E-state index contributed by atoms with van der Waals surface area (Å²) < 4.78 is 0. The van der Waals surface area contributed by atoms with Gasteiger partial charge in [-0.05, 0) is 6.92 Å². The highest BCUT2D eigenvalue weighted by atomic mass is 32.2. The number of hydrogen-bond donors (Lipinski definition) is 3. The predicted octanol–water partition coefficient (Wildman–Crippen LogP) is -0.668. The van der Waals surface area contributed by atoms with E-state index in [1.54, 1.807) is 14.0 Å². The van der Waals surface area contributed by atoms with Crippen molar-refractivity contribution in [2.45, 2.75) is 25.4 Å². The molecule has 3 N–H and O–H groups in total. The van der Waals surface area contributed by atoms with E-state index >= 15 is 0 Å². The van der Waals surface area contributed by atoms with Gasteiger partial charge in [0.1, 0.15) is 6.04 Å². The van der Waals surface area contributed by atoms with Crippen LogP contribution in [0.15, 0.2) is 0 Å². The van der Waals surface area contributed by atoms with Gasteiger partial charge >= 0.3 is 0 Å². The maximum atomic E-state index is 11.6. The van der Waals surface area contributed by atoms with Crippen LogP contribution in [-0.4, -0.2) is 49.0 Å². The molecule has 2 atom stereocenters. The molecule has 5 nitrogen and oxygen atoms in total. The molecule has 1 aliphatic heterocycles. The lowest BCUT2D eigenvalue weighted by atomic mass is 10.2. The van der Waals surface area contributed by atoms with E-state index in [2.05, 4.69) is 16.0 Å². The maximum absolute atomic E-state index is 11.6. The zero-order valence-electron chi connectivity index (χ0n) is 9.71. The number of carbonyl (C=O) groups excluding carboxylic acids is 2. The average molecular weight is 245 g/mol. The molecular formula is C10H19N3O2S. The Morgan fingerprint density at radius 2 is 2.31 bits per heavy atom. The highest BCUT2D eigenvalue weighted by Crippen LogP contribution is 2.09. The minimum atomic E-state index is -0.464. The lowest BCUT2D eigenvalue weighted by molar-refractivity contribution is -0.128. The third kappa shape index (κ3) is 4.40. The molecule has 1 aliphatic rings. The fourth-order valence-corrected chi connectivity index (χ4v) is 2.51. The topological polar surface area (TPSA) is 70.2 Å². The van der Waals surface area contributed by atoms with E-state index in [9.17, 15) is 9.59 Å². The molecule has 0 aromatic carbocycles. The molecule has 92 valence electrons. The summed E-state index contributed by atoms with van der Waals surface area (Å²) in [5, 5.41) is 8.46. The number of carbonyl (C=O) groups is 2. The second-order valence-electron chi connectivity index (χ2n) is 3.83. The predicted molar refractivity (Wildman–Crippen MR) is 65.4 cm³/mol. The Hall–Kier alpha value is -0.750. The van der Waals surface area contributed by atoms with E-state index in [1.807, 2.05) is 11.8 Å². The number of likely N-dealkylation sites (N-methyl/N-ethyl adjacent to an activating group) is 1. The fourth-order valence-electron chi connectivity index (χ4n) is 1.56. The molecule has 1 rings (SSSR count). The van der Waals surface area contributed by atoms with Crippen molar-refractivity contribution in [3.05, 3.63) is 0 Å². The minimum Gasteiger partial charge on any atom is -0.357 e. The van der Waals surface area contributed by atoms with E-state index in [-0.39, 0.29) is 17.9 Å². The Balaban J connectivity index is 2.26. The smallest absolute Gasteiger partial charge is 0.242 e. The summed E-state index contributed by atoms with van der Waals surface area (Å²) in [5.74, 6) is 1.82. The zero-order chi connectivity index (χ0) is 12.0. The molecule has 0 saturated carbocycles. The van der Waals surface area contributed by atoms with Crippen LogP contribution in [0.3, 0.4) is 0 Å². The van der Waals surface area contributed by atoms with Crippen molar-refractivity contribution < 1.29 is 9.59 Å². The molecule has 1 heterocycles. The van der Waals surface area contributed by atoms with Crippen molar-refractivity contribution in [3.63, 3.8) is 0 Å². The van der Waals surface area contributed by atoms with Gasteiger partial charge in [0.25, 0.3) is 0 Å². The van der Waals surface area contributed by atoms with Gasteiger partial charge < -0.3 is 16.0 Å². The van der Waals surface area contributed by atoms with E-state index in [4.69, 9.17) is 0 Å². The largest absolute Gasteiger partial charge is 0.357 e. The number of rotatable bonds is 4. The Bertz CT molecular complexity index is 254. The molecule has 0 aromatic heterocycles. The summed E-state index contributed by atoms with van der Waals surface area (Å²) in [6.07, 6.45) is 0.439. The van der Waals surface area contributed by atoms with Crippen LogP contribution in [0, 0.1) is 0 Å². The lowest BCUT2D eigenvalue weighted by Crippen LogP contribution is -2.47. The minimum absolute atomic E-state index is 0.0731. The standard InChI is InChI=1S/C10H19N3O2S/c1-7(10(15)11-2)13-9(14)5-8-6-16-4-3-12-8/h7-8,12H,3-6H2,1-2H3,(H,11,15)(H,13,14). The number of thioether (sulfide) groups is 1. The molecule has 6 heteroatoms. The molecular weight excluding hydrogens is 226 g/mol. The first kappa shape index (κ1) is 13.3. The highest BCUT2D eigenvalue weighted by molar-refractivity contribution is 7.99. The van der Waals surface area contributed by atoms with Crippen LogP contribution >= 0.6 is 11.8 Å². The molecule has 1 saturated heterocycles. The second-order valence-corrected chi connectivity index (χ2v) is 4.98. The van der Waals surface area contributed by atoms with Gasteiger partial charge in [-0.15, -0.1) is 0 Å². The maximum Gasteiger partial charge on any atom is 0.242 e. The number of amides is 2. The molecule has 2 amide bonds. The third-order valence-corrected chi connectivity index (χ3v) is 3.58. The highest BCUT2D eigenvalue weighted by Gasteiger charge is 2.19. The van der Waals surface area contributed by atoms with E-state index in [0.29, 0.717) is 6.42 Å². The average Bonchev–Trinajstić information content (AvgIpc) is 2.29. The van der Waals surface area contributed by atoms with Crippen molar-refractivity contribution in [1.29, 1.82) is 0 Å². The summed E-state index contributed by atoms with van der Waals surface area (Å²) in [7, 11) is 1.56. The third-order valence-electron chi connectivity index (χ3n) is 2.45. The zero-order valence-corrected chi connectivity index (χ0v) is 10.5. The molecule has 0 aliphatic carbocycles.